The fraction of sp³-hybridized carbons (Fsp3) is 0.455. The van der Waals surface area contributed by atoms with E-state index in [4.69, 9.17) is 5.73 Å². The Balaban J connectivity index is 2.95. The first-order chi connectivity index (χ1) is 6.69. The molecule has 0 aromatic heterocycles. The summed E-state index contributed by atoms with van der Waals surface area (Å²) < 4.78 is 12.9. The van der Waals surface area contributed by atoms with Crippen LogP contribution in [0.15, 0.2) is 18.2 Å². The third-order valence-electron chi connectivity index (χ3n) is 2.23. The van der Waals surface area contributed by atoms with Crippen molar-refractivity contribution in [3.63, 3.8) is 0 Å². The Morgan fingerprint density at radius 3 is 2.71 bits per heavy atom. The first-order valence-electron chi connectivity index (χ1n) is 4.88. The van der Waals surface area contributed by atoms with E-state index < -0.39 is 0 Å². The summed E-state index contributed by atoms with van der Waals surface area (Å²) in [6, 6.07) is 4.76. The molecule has 0 unspecified atom stereocenters. The van der Waals surface area contributed by atoms with Crippen molar-refractivity contribution in [2.24, 2.45) is 5.73 Å². The van der Waals surface area contributed by atoms with E-state index in [-0.39, 0.29) is 5.82 Å². The summed E-state index contributed by atoms with van der Waals surface area (Å²) in [6.07, 6.45) is 1.07. The molecule has 0 aliphatic rings. The number of benzene rings is 1. The lowest BCUT2D eigenvalue weighted by molar-refractivity contribution is 0.625. The van der Waals surface area contributed by atoms with Gasteiger partial charge in [0.25, 0.3) is 0 Å². The van der Waals surface area contributed by atoms with Crippen LogP contribution in [0.5, 0.6) is 0 Å². The van der Waals surface area contributed by atoms with Gasteiger partial charge in [-0.15, -0.1) is 0 Å². The predicted octanol–water partition coefficient (Wildman–Crippen LogP) is 2.13. The van der Waals surface area contributed by atoms with E-state index in [1.807, 2.05) is 7.05 Å². The molecular formula is C11H17FN2. The van der Waals surface area contributed by atoms with Crippen LogP contribution in [0.4, 0.5) is 10.1 Å². The maximum atomic E-state index is 12.9. The van der Waals surface area contributed by atoms with E-state index in [0.29, 0.717) is 6.54 Å². The van der Waals surface area contributed by atoms with Crippen molar-refractivity contribution in [2.75, 3.05) is 18.5 Å². The number of hydrogen-bond donors (Lipinski definition) is 1. The highest BCUT2D eigenvalue weighted by Crippen LogP contribution is 2.20. The monoisotopic (exact) mass is 196 g/mol. The average molecular weight is 196 g/mol. The zero-order chi connectivity index (χ0) is 10.6. The first kappa shape index (κ1) is 11.0. The van der Waals surface area contributed by atoms with Crippen molar-refractivity contribution >= 4 is 5.69 Å². The molecule has 2 N–H and O–H groups in total. The lowest BCUT2D eigenvalue weighted by atomic mass is 10.1. The van der Waals surface area contributed by atoms with Crippen molar-refractivity contribution in [1.82, 2.24) is 0 Å². The second kappa shape index (κ2) is 4.96. The van der Waals surface area contributed by atoms with Gasteiger partial charge in [0.1, 0.15) is 5.82 Å². The largest absolute Gasteiger partial charge is 0.374 e. The number of nitrogens with zero attached hydrogens (tertiary/aromatic N) is 1. The summed E-state index contributed by atoms with van der Waals surface area (Å²) in [5.41, 5.74) is 7.45. The van der Waals surface area contributed by atoms with E-state index in [0.717, 1.165) is 24.2 Å². The van der Waals surface area contributed by atoms with E-state index in [1.165, 1.54) is 12.1 Å². The third kappa shape index (κ3) is 2.45. The lowest BCUT2D eigenvalue weighted by Gasteiger charge is -2.21. The van der Waals surface area contributed by atoms with Gasteiger partial charge in [-0.05, 0) is 30.2 Å². The molecule has 14 heavy (non-hydrogen) atoms. The van der Waals surface area contributed by atoms with E-state index in [1.54, 1.807) is 6.07 Å². The zero-order valence-electron chi connectivity index (χ0n) is 8.76. The van der Waals surface area contributed by atoms with Gasteiger partial charge in [-0.25, -0.2) is 4.39 Å². The smallest absolute Gasteiger partial charge is 0.123 e. The second-order valence-corrected chi connectivity index (χ2v) is 3.40. The molecule has 0 amide bonds. The van der Waals surface area contributed by atoms with Crippen LogP contribution in [-0.2, 0) is 6.54 Å². The van der Waals surface area contributed by atoms with Gasteiger partial charge in [0.15, 0.2) is 0 Å². The van der Waals surface area contributed by atoms with Gasteiger partial charge >= 0.3 is 0 Å². The standard InChI is InChI=1S/C11H17FN2/c1-3-6-14(2)11-5-4-10(12)7-9(11)8-13/h4-5,7H,3,6,8,13H2,1-2H3. The van der Waals surface area contributed by atoms with Crippen molar-refractivity contribution in [1.29, 1.82) is 0 Å². The minimum Gasteiger partial charge on any atom is -0.374 e. The molecule has 3 heteroatoms. The molecular weight excluding hydrogens is 179 g/mol. The van der Waals surface area contributed by atoms with Crippen LogP contribution in [0.1, 0.15) is 18.9 Å². The molecule has 0 aliphatic heterocycles. The normalized spacial score (nSPS) is 10.3. The molecule has 78 valence electrons. The first-order valence-corrected chi connectivity index (χ1v) is 4.88. The van der Waals surface area contributed by atoms with Gasteiger partial charge in [-0.3, -0.25) is 0 Å². The molecule has 0 heterocycles. The Labute approximate surface area is 84.5 Å². The van der Waals surface area contributed by atoms with Gasteiger partial charge in [-0.2, -0.15) is 0 Å². The minimum absolute atomic E-state index is 0.223. The summed E-state index contributed by atoms with van der Waals surface area (Å²) in [4.78, 5) is 2.10. The summed E-state index contributed by atoms with van der Waals surface area (Å²) in [7, 11) is 2.00. The molecule has 0 saturated carbocycles. The number of halogens is 1. The molecule has 1 aromatic rings. The second-order valence-electron chi connectivity index (χ2n) is 3.40. The summed E-state index contributed by atoms with van der Waals surface area (Å²) >= 11 is 0. The maximum Gasteiger partial charge on any atom is 0.123 e. The highest BCUT2D eigenvalue weighted by atomic mass is 19.1. The van der Waals surface area contributed by atoms with Crippen LogP contribution in [0, 0.1) is 5.82 Å². The maximum absolute atomic E-state index is 12.9. The lowest BCUT2D eigenvalue weighted by Crippen LogP contribution is -2.20. The average Bonchev–Trinajstić information content (AvgIpc) is 2.17. The highest BCUT2D eigenvalue weighted by Gasteiger charge is 2.06. The molecule has 1 aromatic carbocycles. The topological polar surface area (TPSA) is 29.3 Å². The Kier molecular flexibility index (Phi) is 3.89. The Hall–Kier alpha value is -1.09. The summed E-state index contributed by atoms with van der Waals surface area (Å²) in [6.45, 7) is 3.45. The minimum atomic E-state index is -0.223. The predicted molar refractivity (Wildman–Crippen MR) is 57.9 cm³/mol. The van der Waals surface area contributed by atoms with Gasteiger partial charge < -0.3 is 10.6 Å². The van der Waals surface area contributed by atoms with E-state index in [2.05, 4.69) is 11.8 Å². The van der Waals surface area contributed by atoms with Gasteiger partial charge in [0, 0.05) is 25.8 Å². The van der Waals surface area contributed by atoms with Crippen LogP contribution in [0.3, 0.4) is 0 Å². The van der Waals surface area contributed by atoms with Crippen molar-refractivity contribution in [3.8, 4) is 0 Å². The van der Waals surface area contributed by atoms with Crippen molar-refractivity contribution < 1.29 is 4.39 Å². The number of anilines is 1. The van der Waals surface area contributed by atoms with Crippen molar-refractivity contribution in [3.05, 3.63) is 29.6 Å². The zero-order valence-corrected chi connectivity index (χ0v) is 8.76. The molecule has 1 rings (SSSR count). The van der Waals surface area contributed by atoms with Crippen LogP contribution < -0.4 is 10.6 Å². The highest BCUT2D eigenvalue weighted by molar-refractivity contribution is 5.53. The van der Waals surface area contributed by atoms with Crippen LogP contribution in [0.25, 0.3) is 0 Å². The Morgan fingerprint density at radius 1 is 1.43 bits per heavy atom. The summed E-state index contributed by atoms with van der Waals surface area (Å²) in [5.74, 6) is -0.223. The Morgan fingerprint density at radius 2 is 2.14 bits per heavy atom. The van der Waals surface area contributed by atoms with E-state index in [9.17, 15) is 4.39 Å². The molecule has 0 radical (unpaired) electrons. The quantitative estimate of drug-likeness (QED) is 0.799. The fourth-order valence-electron chi connectivity index (χ4n) is 1.55. The van der Waals surface area contributed by atoms with E-state index >= 15 is 0 Å². The molecule has 0 saturated heterocycles. The number of nitrogens with two attached hydrogens (primary N) is 1. The third-order valence-corrected chi connectivity index (χ3v) is 2.23. The molecule has 0 bridgehead atoms. The van der Waals surface area contributed by atoms with Crippen LogP contribution in [-0.4, -0.2) is 13.6 Å². The molecule has 0 spiro atoms. The molecule has 2 nitrogen and oxygen atoms in total. The molecule has 0 atom stereocenters. The SMILES string of the molecule is CCCN(C)c1ccc(F)cc1CN. The van der Waals surface area contributed by atoms with Gasteiger partial charge in [0.05, 0.1) is 0 Å². The van der Waals surface area contributed by atoms with Crippen molar-refractivity contribution in [2.45, 2.75) is 19.9 Å². The Bertz CT molecular complexity index is 299. The van der Waals surface area contributed by atoms with Gasteiger partial charge in [-0.1, -0.05) is 6.92 Å². The molecule has 0 aliphatic carbocycles. The molecule has 0 fully saturated rings. The summed E-state index contributed by atoms with van der Waals surface area (Å²) in [5, 5.41) is 0. The number of rotatable bonds is 4. The number of hydrogen-bond acceptors (Lipinski definition) is 2. The van der Waals surface area contributed by atoms with Gasteiger partial charge in [0.2, 0.25) is 0 Å². The fourth-order valence-corrected chi connectivity index (χ4v) is 1.55. The van der Waals surface area contributed by atoms with Crippen LogP contribution in [0.2, 0.25) is 0 Å². The van der Waals surface area contributed by atoms with Crippen LogP contribution >= 0.6 is 0 Å².